The monoisotopic (exact) mass is 228 g/mol. The number of rotatable bonds is 10. The van der Waals surface area contributed by atoms with Crippen molar-refractivity contribution in [3.8, 4) is 0 Å². The molecule has 0 rings (SSSR count). The fourth-order valence-electron chi connectivity index (χ4n) is 1.95. The first kappa shape index (κ1) is 15.9. The zero-order valence-electron chi connectivity index (χ0n) is 12.1. The van der Waals surface area contributed by atoms with Gasteiger partial charge in [0.15, 0.2) is 0 Å². The maximum Gasteiger partial charge on any atom is 0.00790 e. The lowest BCUT2D eigenvalue weighted by Gasteiger charge is -2.30. The quantitative estimate of drug-likeness (QED) is 0.578. The van der Waals surface area contributed by atoms with Crippen molar-refractivity contribution in [3.63, 3.8) is 0 Å². The molecule has 2 atom stereocenters. The molecule has 98 valence electrons. The Balaban J connectivity index is 3.77. The maximum atomic E-state index is 3.49. The summed E-state index contributed by atoms with van der Waals surface area (Å²) in [6, 6.07) is 0.711. The third-order valence-electron chi connectivity index (χ3n) is 3.44. The van der Waals surface area contributed by atoms with Gasteiger partial charge in [-0.25, -0.2) is 0 Å². The Labute approximate surface area is 103 Å². The van der Waals surface area contributed by atoms with Crippen LogP contribution in [0.4, 0.5) is 0 Å². The van der Waals surface area contributed by atoms with E-state index in [1.54, 1.807) is 0 Å². The summed E-state index contributed by atoms with van der Waals surface area (Å²) in [4.78, 5) is 2.61. The topological polar surface area (TPSA) is 15.3 Å². The van der Waals surface area contributed by atoms with Crippen LogP contribution in [0.3, 0.4) is 0 Å². The Morgan fingerprint density at radius 3 is 2.25 bits per heavy atom. The van der Waals surface area contributed by atoms with Gasteiger partial charge in [0.1, 0.15) is 0 Å². The van der Waals surface area contributed by atoms with Crippen molar-refractivity contribution in [3.05, 3.63) is 0 Å². The molecule has 0 bridgehead atoms. The van der Waals surface area contributed by atoms with Gasteiger partial charge in [-0.3, -0.25) is 0 Å². The van der Waals surface area contributed by atoms with Crippen LogP contribution in [-0.4, -0.2) is 37.1 Å². The highest BCUT2D eigenvalue weighted by molar-refractivity contribution is 4.69. The molecule has 0 aromatic rings. The summed E-state index contributed by atoms with van der Waals surface area (Å²) in [5.41, 5.74) is 0. The predicted octanol–water partition coefficient (Wildman–Crippen LogP) is 3.13. The fourth-order valence-corrected chi connectivity index (χ4v) is 1.95. The Kier molecular flexibility index (Phi) is 10.0. The van der Waals surface area contributed by atoms with Crippen LogP contribution in [0.5, 0.6) is 0 Å². The van der Waals surface area contributed by atoms with Crippen LogP contribution in [-0.2, 0) is 0 Å². The predicted molar refractivity (Wildman–Crippen MR) is 73.9 cm³/mol. The molecule has 16 heavy (non-hydrogen) atoms. The summed E-state index contributed by atoms with van der Waals surface area (Å²) in [7, 11) is 0. The summed E-state index contributed by atoms with van der Waals surface area (Å²) >= 11 is 0. The summed E-state index contributed by atoms with van der Waals surface area (Å²) < 4.78 is 0. The molecule has 0 amide bonds. The van der Waals surface area contributed by atoms with E-state index in [1.165, 1.54) is 32.4 Å². The first-order valence-corrected chi connectivity index (χ1v) is 7.10. The molecule has 0 saturated carbocycles. The van der Waals surface area contributed by atoms with Crippen LogP contribution in [0.25, 0.3) is 0 Å². The standard InChI is InChI=1S/C14H32N2/c1-6-10-15-11-9-14(5)16(8-3)12-13(4)7-2/h13-15H,6-12H2,1-5H3. The van der Waals surface area contributed by atoms with E-state index < -0.39 is 0 Å². The Morgan fingerprint density at radius 2 is 1.75 bits per heavy atom. The number of nitrogens with zero attached hydrogens (tertiary/aromatic N) is 1. The fraction of sp³-hybridized carbons (Fsp3) is 1.00. The van der Waals surface area contributed by atoms with Crippen molar-refractivity contribution in [2.75, 3.05) is 26.2 Å². The zero-order chi connectivity index (χ0) is 12.4. The molecule has 0 aromatic carbocycles. The Bertz CT molecular complexity index is 148. The molecular formula is C14H32N2. The van der Waals surface area contributed by atoms with Gasteiger partial charge >= 0.3 is 0 Å². The summed E-state index contributed by atoms with van der Waals surface area (Å²) in [6.07, 6.45) is 3.79. The lowest BCUT2D eigenvalue weighted by atomic mass is 10.1. The summed E-state index contributed by atoms with van der Waals surface area (Å²) in [5, 5.41) is 3.49. The van der Waals surface area contributed by atoms with E-state index in [2.05, 4.69) is 44.8 Å². The normalized spacial score (nSPS) is 15.4. The molecule has 0 aromatic heterocycles. The van der Waals surface area contributed by atoms with Crippen LogP contribution in [0, 0.1) is 5.92 Å². The highest BCUT2D eigenvalue weighted by Crippen LogP contribution is 2.09. The molecule has 0 spiro atoms. The molecule has 2 unspecified atom stereocenters. The van der Waals surface area contributed by atoms with Crippen molar-refractivity contribution in [1.82, 2.24) is 10.2 Å². The maximum absolute atomic E-state index is 3.49. The van der Waals surface area contributed by atoms with Gasteiger partial charge in [-0.1, -0.05) is 34.1 Å². The molecule has 0 aliphatic heterocycles. The van der Waals surface area contributed by atoms with Gasteiger partial charge in [-0.2, -0.15) is 0 Å². The molecule has 0 radical (unpaired) electrons. The van der Waals surface area contributed by atoms with Crippen molar-refractivity contribution >= 4 is 0 Å². The molecule has 1 N–H and O–H groups in total. The van der Waals surface area contributed by atoms with Crippen molar-refractivity contribution in [2.45, 2.75) is 59.9 Å². The second-order valence-corrected chi connectivity index (χ2v) is 4.99. The molecule has 0 aliphatic rings. The van der Waals surface area contributed by atoms with E-state index in [1.807, 2.05) is 0 Å². The molecule has 0 saturated heterocycles. The molecule has 0 aliphatic carbocycles. The Hall–Kier alpha value is -0.0800. The van der Waals surface area contributed by atoms with E-state index in [0.29, 0.717) is 6.04 Å². The van der Waals surface area contributed by atoms with Gasteiger partial charge < -0.3 is 10.2 Å². The average molecular weight is 228 g/mol. The van der Waals surface area contributed by atoms with Crippen LogP contribution in [0.1, 0.15) is 53.9 Å². The SMILES string of the molecule is CCCNCCC(C)N(CC)CC(C)CC. The van der Waals surface area contributed by atoms with Crippen molar-refractivity contribution in [2.24, 2.45) is 5.92 Å². The van der Waals surface area contributed by atoms with Crippen LogP contribution >= 0.6 is 0 Å². The van der Waals surface area contributed by atoms with Gasteiger partial charge in [0.2, 0.25) is 0 Å². The minimum atomic E-state index is 0.711. The number of hydrogen-bond acceptors (Lipinski definition) is 2. The van der Waals surface area contributed by atoms with Crippen LogP contribution < -0.4 is 5.32 Å². The van der Waals surface area contributed by atoms with Gasteiger partial charge in [0.05, 0.1) is 0 Å². The molecule has 0 heterocycles. The smallest absolute Gasteiger partial charge is 0.00790 e. The number of hydrogen-bond donors (Lipinski definition) is 1. The average Bonchev–Trinajstić information content (AvgIpc) is 2.30. The minimum Gasteiger partial charge on any atom is -0.317 e. The highest BCUT2D eigenvalue weighted by Gasteiger charge is 2.13. The third-order valence-corrected chi connectivity index (χ3v) is 3.44. The lowest BCUT2D eigenvalue weighted by Crippen LogP contribution is -2.38. The molecule has 2 heteroatoms. The van der Waals surface area contributed by atoms with Crippen molar-refractivity contribution < 1.29 is 0 Å². The molecular weight excluding hydrogens is 196 g/mol. The van der Waals surface area contributed by atoms with Gasteiger partial charge in [0.25, 0.3) is 0 Å². The van der Waals surface area contributed by atoms with Crippen LogP contribution in [0.15, 0.2) is 0 Å². The van der Waals surface area contributed by atoms with E-state index in [4.69, 9.17) is 0 Å². The van der Waals surface area contributed by atoms with E-state index in [0.717, 1.165) is 19.0 Å². The van der Waals surface area contributed by atoms with Gasteiger partial charge in [-0.05, 0) is 45.3 Å². The lowest BCUT2D eigenvalue weighted by molar-refractivity contribution is 0.180. The van der Waals surface area contributed by atoms with Gasteiger partial charge in [-0.15, -0.1) is 0 Å². The minimum absolute atomic E-state index is 0.711. The van der Waals surface area contributed by atoms with E-state index in [-0.39, 0.29) is 0 Å². The first-order chi connectivity index (χ1) is 7.65. The highest BCUT2D eigenvalue weighted by atomic mass is 15.1. The number of nitrogens with one attached hydrogen (secondary N) is 1. The molecule has 2 nitrogen and oxygen atoms in total. The zero-order valence-corrected chi connectivity index (χ0v) is 12.1. The van der Waals surface area contributed by atoms with E-state index in [9.17, 15) is 0 Å². The summed E-state index contributed by atoms with van der Waals surface area (Å²) in [6.45, 7) is 16.2. The first-order valence-electron chi connectivity index (χ1n) is 7.10. The second kappa shape index (κ2) is 10.1. The summed E-state index contributed by atoms with van der Waals surface area (Å²) in [5.74, 6) is 0.825. The molecule has 0 fully saturated rings. The van der Waals surface area contributed by atoms with E-state index >= 15 is 0 Å². The van der Waals surface area contributed by atoms with Gasteiger partial charge in [0, 0.05) is 12.6 Å². The van der Waals surface area contributed by atoms with Crippen molar-refractivity contribution in [1.29, 1.82) is 0 Å². The van der Waals surface area contributed by atoms with Crippen LogP contribution in [0.2, 0.25) is 0 Å². The largest absolute Gasteiger partial charge is 0.317 e. The Morgan fingerprint density at radius 1 is 1.06 bits per heavy atom. The second-order valence-electron chi connectivity index (χ2n) is 4.99. The third kappa shape index (κ3) is 7.24.